The molecule has 1 fully saturated rings. The van der Waals surface area contributed by atoms with Gasteiger partial charge in [-0.25, -0.2) is 8.78 Å². The number of rotatable bonds is 2. The van der Waals surface area contributed by atoms with Gasteiger partial charge in [-0.2, -0.15) is 0 Å². The molecule has 17 heavy (non-hydrogen) atoms. The van der Waals surface area contributed by atoms with Crippen LogP contribution < -0.4 is 0 Å². The van der Waals surface area contributed by atoms with Gasteiger partial charge in [0.2, 0.25) is 12.3 Å². The molecule has 90 valence electrons. The summed E-state index contributed by atoms with van der Waals surface area (Å²) in [6.07, 6.45) is 0.687. The van der Waals surface area contributed by atoms with E-state index in [9.17, 15) is 18.4 Å². The van der Waals surface area contributed by atoms with E-state index in [2.05, 4.69) is 15.9 Å². The standard InChI is InChI=1S/C11H8BrF2NO2/c12-6-3-7(13)11(8(14)4-6)9-1-2-10(17)15(9)5-16/h3-5,9H,1-2H2. The Morgan fingerprint density at radius 3 is 2.47 bits per heavy atom. The fraction of sp³-hybridized carbons (Fsp3) is 0.273. The Balaban J connectivity index is 2.47. The molecule has 1 unspecified atom stereocenters. The summed E-state index contributed by atoms with van der Waals surface area (Å²) in [4.78, 5) is 22.9. The van der Waals surface area contributed by atoms with Crippen molar-refractivity contribution in [3.8, 4) is 0 Å². The van der Waals surface area contributed by atoms with E-state index in [1.165, 1.54) is 0 Å². The van der Waals surface area contributed by atoms with Crippen molar-refractivity contribution in [3.05, 3.63) is 33.8 Å². The molecule has 1 atom stereocenters. The van der Waals surface area contributed by atoms with Crippen LogP contribution in [0.4, 0.5) is 8.78 Å². The summed E-state index contributed by atoms with van der Waals surface area (Å²) < 4.78 is 27.6. The largest absolute Gasteiger partial charge is 0.278 e. The molecule has 3 nitrogen and oxygen atoms in total. The van der Waals surface area contributed by atoms with Gasteiger partial charge in [-0.3, -0.25) is 14.5 Å². The highest BCUT2D eigenvalue weighted by Crippen LogP contribution is 2.35. The van der Waals surface area contributed by atoms with E-state index in [4.69, 9.17) is 0 Å². The second-order valence-electron chi connectivity index (χ2n) is 3.74. The van der Waals surface area contributed by atoms with E-state index in [0.717, 1.165) is 17.0 Å². The van der Waals surface area contributed by atoms with Crippen molar-refractivity contribution in [2.75, 3.05) is 0 Å². The van der Waals surface area contributed by atoms with Gasteiger partial charge >= 0.3 is 0 Å². The summed E-state index contributed by atoms with van der Waals surface area (Å²) in [5.41, 5.74) is -0.230. The summed E-state index contributed by atoms with van der Waals surface area (Å²) in [6.45, 7) is 0. The van der Waals surface area contributed by atoms with Gasteiger partial charge in [0.25, 0.3) is 0 Å². The molecule has 2 rings (SSSR count). The number of hydrogen-bond donors (Lipinski definition) is 0. The topological polar surface area (TPSA) is 37.4 Å². The molecule has 0 saturated carbocycles. The Morgan fingerprint density at radius 2 is 1.94 bits per heavy atom. The monoisotopic (exact) mass is 303 g/mol. The highest BCUT2D eigenvalue weighted by molar-refractivity contribution is 9.10. The lowest BCUT2D eigenvalue weighted by atomic mass is 10.0. The van der Waals surface area contributed by atoms with Gasteiger partial charge < -0.3 is 0 Å². The third kappa shape index (κ3) is 2.09. The number of halogens is 3. The zero-order valence-corrected chi connectivity index (χ0v) is 10.2. The van der Waals surface area contributed by atoms with Crippen LogP contribution in [0.15, 0.2) is 16.6 Å². The fourth-order valence-corrected chi connectivity index (χ4v) is 2.39. The van der Waals surface area contributed by atoms with E-state index in [0.29, 0.717) is 6.41 Å². The van der Waals surface area contributed by atoms with Crippen LogP contribution in [-0.2, 0) is 9.59 Å². The Morgan fingerprint density at radius 1 is 1.35 bits per heavy atom. The first-order valence-corrected chi connectivity index (χ1v) is 5.74. The molecule has 2 amide bonds. The minimum Gasteiger partial charge on any atom is -0.278 e. The molecule has 0 radical (unpaired) electrons. The number of nitrogens with zero attached hydrogens (tertiary/aromatic N) is 1. The second kappa shape index (κ2) is 4.52. The van der Waals surface area contributed by atoms with Crippen LogP contribution >= 0.6 is 15.9 Å². The molecular weight excluding hydrogens is 296 g/mol. The highest BCUT2D eigenvalue weighted by atomic mass is 79.9. The first kappa shape index (κ1) is 12.2. The van der Waals surface area contributed by atoms with E-state index in [1.807, 2.05) is 0 Å². The van der Waals surface area contributed by atoms with Crippen LogP contribution in [0.3, 0.4) is 0 Å². The molecule has 1 heterocycles. The molecule has 0 spiro atoms. The minimum absolute atomic E-state index is 0.123. The maximum atomic E-state index is 13.7. The third-order valence-electron chi connectivity index (χ3n) is 2.75. The average Bonchev–Trinajstić information content (AvgIpc) is 2.58. The zero-order valence-electron chi connectivity index (χ0n) is 8.62. The molecule has 1 saturated heterocycles. The third-order valence-corrected chi connectivity index (χ3v) is 3.20. The van der Waals surface area contributed by atoms with Crippen LogP contribution in [0.2, 0.25) is 0 Å². The molecule has 0 aromatic heterocycles. The van der Waals surface area contributed by atoms with Crippen molar-refractivity contribution in [1.82, 2.24) is 4.90 Å². The van der Waals surface area contributed by atoms with Gasteiger partial charge in [-0.15, -0.1) is 0 Å². The van der Waals surface area contributed by atoms with Crippen LogP contribution in [0, 0.1) is 11.6 Å². The van der Waals surface area contributed by atoms with Gasteiger partial charge in [-0.1, -0.05) is 15.9 Å². The Hall–Kier alpha value is -1.30. The highest BCUT2D eigenvalue weighted by Gasteiger charge is 2.35. The van der Waals surface area contributed by atoms with Crippen molar-refractivity contribution in [2.24, 2.45) is 0 Å². The lowest BCUT2D eigenvalue weighted by Crippen LogP contribution is -2.27. The number of benzene rings is 1. The summed E-state index contributed by atoms with van der Waals surface area (Å²) in [6, 6.07) is 1.39. The molecule has 1 aromatic carbocycles. The van der Waals surface area contributed by atoms with Crippen molar-refractivity contribution < 1.29 is 18.4 Å². The Bertz CT molecular complexity index is 469. The lowest BCUT2D eigenvalue weighted by Gasteiger charge is -2.19. The molecule has 1 aliphatic heterocycles. The summed E-state index contributed by atoms with van der Waals surface area (Å²) in [5.74, 6) is -1.93. The fourth-order valence-electron chi connectivity index (χ4n) is 1.99. The van der Waals surface area contributed by atoms with Gasteiger partial charge in [0.1, 0.15) is 11.6 Å². The molecule has 1 aliphatic rings. The molecule has 1 aromatic rings. The van der Waals surface area contributed by atoms with E-state index in [-0.39, 0.29) is 22.9 Å². The number of amides is 2. The van der Waals surface area contributed by atoms with Gasteiger partial charge in [-0.05, 0) is 18.6 Å². The molecule has 0 N–H and O–H groups in total. The second-order valence-corrected chi connectivity index (χ2v) is 4.66. The average molecular weight is 304 g/mol. The van der Waals surface area contributed by atoms with Crippen LogP contribution in [-0.4, -0.2) is 17.2 Å². The normalized spacial score (nSPS) is 19.8. The van der Waals surface area contributed by atoms with Crippen LogP contribution in [0.5, 0.6) is 0 Å². The number of carbonyl (C=O) groups is 2. The van der Waals surface area contributed by atoms with Crippen molar-refractivity contribution in [1.29, 1.82) is 0 Å². The van der Waals surface area contributed by atoms with Crippen molar-refractivity contribution in [2.45, 2.75) is 18.9 Å². The quantitative estimate of drug-likeness (QED) is 0.788. The SMILES string of the molecule is O=CN1C(=O)CCC1c1c(F)cc(Br)cc1F. The van der Waals surface area contributed by atoms with Crippen molar-refractivity contribution >= 4 is 28.2 Å². The first-order chi connectivity index (χ1) is 8.04. The smallest absolute Gasteiger partial charge is 0.229 e. The maximum absolute atomic E-state index is 13.7. The Kier molecular flexibility index (Phi) is 3.24. The predicted octanol–water partition coefficient (Wildman–Crippen LogP) is 2.55. The van der Waals surface area contributed by atoms with Crippen molar-refractivity contribution in [3.63, 3.8) is 0 Å². The van der Waals surface area contributed by atoms with Crippen LogP contribution in [0.1, 0.15) is 24.4 Å². The number of likely N-dealkylation sites (tertiary alicyclic amines) is 1. The van der Waals surface area contributed by atoms with Gasteiger partial charge in [0, 0.05) is 16.5 Å². The minimum atomic E-state index is -0.840. The van der Waals surface area contributed by atoms with Crippen LogP contribution in [0.25, 0.3) is 0 Å². The summed E-state index contributed by atoms with van der Waals surface area (Å²) in [5, 5.41) is 0. The van der Waals surface area contributed by atoms with E-state index >= 15 is 0 Å². The lowest BCUT2D eigenvalue weighted by molar-refractivity contribution is -0.136. The molecular formula is C11H8BrF2NO2. The van der Waals surface area contributed by atoms with Gasteiger partial charge in [0.15, 0.2) is 0 Å². The number of imide groups is 1. The summed E-state index contributed by atoms with van der Waals surface area (Å²) in [7, 11) is 0. The van der Waals surface area contributed by atoms with E-state index < -0.39 is 23.6 Å². The number of hydrogen-bond acceptors (Lipinski definition) is 2. The first-order valence-electron chi connectivity index (χ1n) is 4.95. The van der Waals surface area contributed by atoms with Gasteiger partial charge in [0.05, 0.1) is 6.04 Å². The molecule has 0 bridgehead atoms. The number of carbonyl (C=O) groups excluding carboxylic acids is 2. The predicted molar refractivity (Wildman–Crippen MR) is 58.9 cm³/mol. The maximum Gasteiger partial charge on any atom is 0.229 e. The van der Waals surface area contributed by atoms with E-state index in [1.54, 1.807) is 0 Å². The molecule has 0 aliphatic carbocycles. The Labute approximate surface area is 105 Å². The molecule has 6 heteroatoms. The summed E-state index contributed by atoms with van der Waals surface area (Å²) >= 11 is 2.97. The zero-order chi connectivity index (χ0) is 12.6.